The second kappa shape index (κ2) is 11.9. The summed E-state index contributed by atoms with van der Waals surface area (Å²) in [5.74, 6) is 0.867. The van der Waals surface area contributed by atoms with E-state index in [0.717, 1.165) is 45.9 Å². The number of allylic oxidation sites excluding steroid dienone is 1. The van der Waals surface area contributed by atoms with E-state index in [1.165, 1.54) is 43.8 Å². The van der Waals surface area contributed by atoms with Crippen LogP contribution in [0.4, 0.5) is 0 Å². The molecule has 8 aromatic rings. The van der Waals surface area contributed by atoms with Gasteiger partial charge in [0, 0.05) is 35.0 Å². The molecule has 0 N–H and O–H groups in total. The highest BCUT2D eigenvalue weighted by Crippen LogP contribution is 2.40. The van der Waals surface area contributed by atoms with Gasteiger partial charge in [0.15, 0.2) is 0 Å². The fraction of sp³-hybridized carbons (Fsp3) is 0.0444. The molecule has 3 nitrogen and oxygen atoms in total. The SMILES string of the molecule is C1=CC(c2nc(-c3ccc(-c4ccccc4)cc3)cc(-c3cccc(-c4cccnc4)c3)n2)Cc2c1c1ccccc1c1ccccc21. The molecule has 0 fully saturated rings. The van der Waals surface area contributed by atoms with Crippen molar-refractivity contribution in [1.82, 2.24) is 15.0 Å². The zero-order valence-electron chi connectivity index (χ0n) is 26.3. The first-order valence-corrected chi connectivity index (χ1v) is 16.4. The first-order valence-electron chi connectivity index (χ1n) is 16.4. The first-order chi connectivity index (χ1) is 23.8. The molecule has 6 aromatic carbocycles. The maximum absolute atomic E-state index is 5.29. The summed E-state index contributed by atoms with van der Waals surface area (Å²) in [6.07, 6.45) is 9.15. The Hall–Kier alpha value is -6.19. The van der Waals surface area contributed by atoms with Crippen LogP contribution in [0.1, 0.15) is 22.9 Å². The summed E-state index contributed by atoms with van der Waals surface area (Å²) in [5.41, 5.74) is 11.2. The maximum atomic E-state index is 5.29. The van der Waals surface area contributed by atoms with E-state index in [2.05, 4.69) is 157 Å². The molecule has 0 saturated carbocycles. The van der Waals surface area contributed by atoms with E-state index in [1.54, 1.807) is 6.20 Å². The predicted molar refractivity (Wildman–Crippen MR) is 199 cm³/mol. The Morgan fingerprint density at radius 1 is 0.458 bits per heavy atom. The fourth-order valence-corrected chi connectivity index (χ4v) is 7.11. The van der Waals surface area contributed by atoms with Crippen molar-refractivity contribution in [3.05, 3.63) is 181 Å². The average molecular weight is 614 g/mol. The second-order valence-electron chi connectivity index (χ2n) is 12.4. The highest BCUT2D eigenvalue weighted by Gasteiger charge is 2.24. The molecule has 0 spiro atoms. The van der Waals surface area contributed by atoms with Crippen LogP contribution in [0, 0.1) is 0 Å². The van der Waals surface area contributed by atoms with Crippen molar-refractivity contribution < 1.29 is 0 Å². The van der Waals surface area contributed by atoms with Crippen LogP contribution in [0.25, 0.3) is 72.4 Å². The van der Waals surface area contributed by atoms with Gasteiger partial charge in [0.2, 0.25) is 0 Å². The number of nitrogens with zero attached hydrogens (tertiary/aromatic N) is 3. The monoisotopic (exact) mass is 613 g/mol. The second-order valence-corrected chi connectivity index (χ2v) is 12.4. The smallest absolute Gasteiger partial charge is 0.136 e. The van der Waals surface area contributed by atoms with Gasteiger partial charge in [0.1, 0.15) is 5.82 Å². The molecule has 3 heteroatoms. The van der Waals surface area contributed by atoms with E-state index in [4.69, 9.17) is 9.97 Å². The average Bonchev–Trinajstić information content (AvgIpc) is 3.18. The molecule has 0 radical (unpaired) electrons. The largest absolute Gasteiger partial charge is 0.264 e. The van der Waals surface area contributed by atoms with E-state index in [9.17, 15) is 0 Å². The lowest BCUT2D eigenvalue weighted by atomic mass is 9.82. The van der Waals surface area contributed by atoms with E-state index < -0.39 is 0 Å². The molecule has 0 aliphatic heterocycles. The quantitative estimate of drug-likeness (QED) is 0.181. The molecular weight excluding hydrogens is 583 g/mol. The topological polar surface area (TPSA) is 38.7 Å². The Morgan fingerprint density at radius 2 is 1.06 bits per heavy atom. The predicted octanol–water partition coefficient (Wildman–Crippen LogP) is 11.2. The van der Waals surface area contributed by atoms with E-state index >= 15 is 0 Å². The van der Waals surface area contributed by atoms with Gasteiger partial charge < -0.3 is 0 Å². The summed E-state index contributed by atoms with van der Waals surface area (Å²) in [5, 5.41) is 5.18. The minimum atomic E-state index is 0.0332. The van der Waals surface area contributed by atoms with E-state index in [-0.39, 0.29) is 5.92 Å². The van der Waals surface area contributed by atoms with Crippen molar-refractivity contribution in [2.24, 2.45) is 0 Å². The molecule has 1 aliphatic rings. The zero-order chi connectivity index (χ0) is 31.9. The van der Waals surface area contributed by atoms with Gasteiger partial charge in [-0.2, -0.15) is 0 Å². The number of hydrogen-bond acceptors (Lipinski definition) is 3. The zero-order valence-corrected chi connectivity index (χ0v) is 26.3. The Labute approximate surface area is 280 Å². The van der Waals surface area contributed by atoms with Gasteiger partial charge in [-0.25, -0.2) is 9.97 Å². The molecule has 1 atom stereocenters. The summed E-state index contributed by atoms with van der Waals surface area (Å²) < 4.78 is 0. The molecule has 48 heavy (non-hydrogen) atoms. The van der Waals surface area contributed by atoms with Gasteiger partial charge in [0.05, 0.1) is 11.4 Å². The Kier molecular flexibility index (Phi) is 6.94. The van der Waals surface area contributed by atoms with Gasteiger partial charge in [0.25, 0.3) is 0 Å². The first kappa shape index (κ1) is 28.1. The molecule has 1 aliphatic carbocycles. The molecule has 1 unspecified atom stereocenters. The van der Waals surface area contributed by atoms with Crippen LogP contribution < -0.4 is 0 Å². The van der Waals surface area contributed by atoms with Gasteiger partial charge in [-0.05, 0) is 74.0 Å². The fourth-order valence-electron chi connectivity index (χ4n) is 7.11. The third-order valence-electron chi connectivity index (χ3n) is 9.52. The molecule has 9 rings (SSSR count). The standard InChI is InChI=1S/C45H31N3/c1-2-10-30(11-3-1)31-19-21-32(22-20-31)43-28-44(34-13-8-12-33(26-34)36-14-9-25-46-29-36)48-45(47-43)35-23-24-41-39-17-5-4-15-37(39)38-16-6-7-18-40(38)42(41)27-35/h1-26,28-29,35H,27H2. The normalized spacial score (nSPS) is 13.9. The summed E-state index contributed by atoms with van der Waals surface area (Å²) in [6.45, 7) is 0. The third kappa shape index (κ3) is 5.06. The van der Waals surface area contributed by atoms with Crippen molar-refractivity contribution in [2.75, 3.05) is 0 Å². The van der Waals surface area contributed by atoms with Crippen molar-refractivity contribution in [1.29, 1.82) is 0 Å². The molecule has 2 aromatic heterocycles. The lowest BCUT2D eigenvalue weighted by Gasteiger charge is -2.23. The number of hydrogen-bond donors (Lipinski definition) is 0. The number of rotatable bonds is 5. The van der Waals surface area contributed by atoms with Crippen molar-refractivity contribution >= 4 is 27.6 Å². The Balaban J connectivity index is 1.18. The van der Waals surface area contributed by atoms with Gasteiger partial charge in [-0.15, -0.1) is 0 Å². The minimum Gasteiger partial charge on any atom is -0.264 e. The lowest BCUT2D eigenvalue weighted by molar-refractivity contribution is 0.762. The minimum absolute atomic E-state index is 0.0332. The molecule has 0 bridgehead atoms. The van der Waals surface area contributed by atoms with Crippen LogP contribution in [-0.4, -0.2) is 15.0 Å². The summed E-state index contributed by atoms with van der Waals surface area (Å²) in [6, 6.07) is 51.5. The van der Waals surface area contributed by atoms with Gasteiger partial charge in [-0.1, -0.05) is 140 Å². The molecule has 0 amide bonds. The van der Waals surface area contributed by atoms with Crippen LogP contribution in [0.3, 0.4) is 0 Å². The van der Waals surface area contributed by atoms with E-state index in [0.29, 0.717) is 0 Å². The van der Waals surface area contributed by atoms with Crippen LogP contribution in [-0.2, 0) is 6.42 Å². The van der Waals surface area contributed by atoms with Crippen LogP contribution in [0.2, 0.25) is 0 Å². The number of benzene rings is 6. The number of pyridine rings is 1. The molecule has 0 saturated heterocycles. The van der Waals surface area contributed by atoms with E-state index in [1.807, 2.05) is 12.3 Å². The molecular formula is C45H31N3. The molecule has 226 valence electrons. The highest BCUT2D eigenvalue weighted by atomic mass is 14.9. The van der Waals surface area contributed by atoms with Crippen LogP contribution >= 0.6 is 0 Å². The van der Waals surface area contributed by atoms with Crippen molar-refractivity contribution in [3.63, 3.8) is 0 Å². The number of fused-ring (bicyclic) bond motifs is 6. The van der Waals surface area contributed by atoms with Crippen molar-refractivity contribution in [3.8, 4) is 44.8 Å². The lowest BCUT2D eigenvalue weighted by Crippen LogP contribution is -2.11. The highest BCUT2D eigenvalue weighted by molar-refractivity contribution is 6.13. The summed E-state index contributed by atoms with van der Waals surface area (Å²) in [4.78, 5) is 14.9. The number of aromatic nitrogens is 3. The maximum Gasteiger partial charge on any atom is 0.136 e. The van der Waals surface area contributed by atoms with Crippen LogP contribution in [0.15, 0.2) is 164 Å². The summed E-state index contributed by atoms with van der Waals surface area (Å²) in [7, 11) is 0. The van der Waals surface area contributed by atoms with Gasteiger partial charge >= 0.3 is 0 Å². The Morgan fingerprint density at radius 3 is 1.83 bits per heavy atom. The van der Waals surface area contributed by atoms with Crippen molar-refractivity contribution in [2.45, 2.75) is 12.3 Å². The Bertz CT molecular complexity index is 2460. The molecule has 2 heterocycles. The van der Waals surface area contributed by atoms with Crippen LogP contribution in [0.5, 0.6) is 0 Å². The third-order valence-corrected chi connectivity index (χ3v) is 9.52. The summed E-state index contributed by atoms with van der Waals surface area (Å²) >= 11 is 0. The van der Waals surface area contributed by atoms with Gasteiger partial charge in [-0.3, -0.25) is 4.98 Å².